The fourth-order valence-electron chi connectivity index (χ4n) is 4.67. The van der Waals surface area contributed by atoms with Crippen LogP contribution in [0.2, 0.25) is 0 Å². The Morgan fingerprint density at radius 2 is 1.69 bits per heavy atom. The number of ether oxygens (including phenoxy) is 1. The van der Waals surface area contributed by atoms with Crippen LogP contribution in [0, 0.1) is 23.7 Å². The van der Waals surface area contributed by atoms with E-state index in [1.54, 1.807) is 31.2 Å². The molecule has 1 heterocycles. The zero-order valence-corrected chi connectivity index (χ0v) is 15.1. The molecule has 0 unspecified atom stereocenters. The van der Waals surface area contributed by atoms with Gasteiger partial charge in [-0.3, -0.25) is 9.59 Å². The monoisotopic (exact) mass is 351 g/mol. The van der Waals surface area contributed by atoms with Gasteiger partial charge in [0.1, 0.15) is 0 Å². The maximum Gasteiger partial charge on any atom is 0.338 e. The molecule has 134 valence electrons. The van der Waals surface area contributed by atoms with Gasteiger partial charge in [-0.05, 0) is 39.0 Å². The largest absolute Gasteiger partial charge is 0.462 e. The predicted octanol–water partition coefficient (Wildman–Crippen LogP) is 3.12. The summed E-state index contributed by atoms with van der Waals surface area (Å²) in [6.45, 7) is 6.09. The van der Waals surface area contributed by atoms with Gasteiger partial charge in [0.05, 0.1) is 29.7 Å². The van der Waals surface area contributed by atoms with Gasteiger partial charge < -0.3 is 4.74 Å². The zero-order chi connectivity index (χ0) is 18.6. The van der Waals surface area contributed by atoms with E-state index < -0.39 is 5.97 Å². The third-order valence-electron chi connectivity index (χ3n) is 5.61. The number of amides is 2. The zero-order valence-electron chi connectivity index (χ0n) is 15.1. The number of hydrogen-bond donors (Lipinski definition) is 0. The summed E-state index contributed by atoms with van der Waals surface area (Å²) in [6.07, 6.45) is 4.13. The lowest BCUT2D eigenvalue weighted by Gasteiger charge is -2.19. The number of carbonyl (C=O) groups is 3. The van der Waals surface area contributed by atoms with Crippen LogP contribution in [-0.2, 0) is 14.3 Å². The Labute approximate surface area is 152 Å². The normalized spacial score (nSPS) is 28.7. The number of imide groups is 1. The first kappa shape index (κ1) is 16.8. The SMILES string of the molecule is CCOC(=O)c1cccc(N2C(=O)[C@@H]3[C@H](C2=O)[C@H]2C=C[C@H]3C2=C(C)C)c1. The first-order valence-electron chi connectivity index (χ1n) is 8.96. The molecule has 0 radical (unpaired) electrons. The Bertz CT molecular complexity index is 844. The fraction of sp³-hybridized carbons (Fsp3) is 0.381. The number of anilines is 1. The van der Waals surface area contributed by atoms with Crippen LogP contribution in [0.4, 0.5) is 5.69 Å². The number of esters is 1. The Kier molecular flexibility index (Phi) is 3.83. The van der Waals surface area contributed by atoms with E-state index in [1.165, 1.54) is 16.0 Å². The van der Waals surface area contributed by atoms with Crippen LogP contribution in [0.5, 0.6) is 0 Å². The molecule has 0 aromatic heterocycles. The smallest absolute Gasteiger partial charge is 0.338 e. The van der Waals surface area contributed by atoms with Crippen LogP contribution in [-0.4, -0.2) is 24.4 Å². The molecule has 0 N–H and O–H groups in total. The molecule has 1 aromatic carbocycles. The summed E-state index contributed by atoms with van der Waals surface area (Å²) in [5.41, 5.74) is 3.20. The first-order valence-corrected chi connectivity index (χ1v) is 8.96. The van der Waals surface area contributed by atoms with E-state index in [1.807, 2.05) is 13.8 Å². The first-order chi connectivity index (χ1) is 12.5. The van der Waals surface area contributed by atoms with Gasteiger partial charge in [0, 0.05) is 11.8 Å². The van der Waals surface area contributed by atoms with Gasteiger partial charge in [0.2, 0.25) is 11.8 Å². The van der Waals surface area contributed by atoms with Crippen molar-refractivity contribution in [2.45, 2.75) is 20.8 Å². The van der Waals surface area contributed by atoms with E-state index in [4.69, 9.17) is 4.74 Å². The van der Waals surface area contributed by atoms with E-state index >= 15 is 0 Å². The molecule has 1 aliphatic heterocycles. The van der Waals surface area contributed by atoms with Crippen molar-refractivity contribution in [2.75, 3.05) is 11.5 Å². The fourth-order valence-corrected chi connectivity index (χ4v) is 4.67. The van der Waals surface area contributed by atoms with Crippen molar-refractivity contribution in [2.24, 2.45) is 23.7 Å². The molecule has 5 heteroatoms. The summed E-state index contributed by atoms with van der Waals surface area (Å²) in [5, 5.41) is 0. The molecule has 4 rings (SSSR count). The number of rotatable bonds is 3. The van der Waals surface area contributed by atoms with Crippen LogP contribution >= 0.6 is 0 Å². The van der Waals surface area contributed by atoms with Crippen molar-refractivity contribution in [3.63, 3.8) is 0 Å². The summed E-state index contributed by atoms with van der Waals surface area (Å²) < 4.78 is 5.01. The molecule has 1 saturated heterocycles. The van der Waals surface area contributed by atoms with Crippen LogP contribution in [0.15, 0.2) is 47.6 Å². The molecular formula is C21H21NO4. The summed E-state index contributed by atoms with van der Waals surface area (Å²) in [4.78, 5) is 39.4. The highest BCUT2D eigenvalue weighted by Gasteiger charge is 2.61. The number of benzene rings is 1. The van der Waals surface area contributed by atoms with Crippen molar-refractivity contribution in [1.82, 2.24) is 0 Å². The molecule has 1 aromatic rings. The molecule has 0 spiro atoms. The van der Waals surface area contributed by atoms with Crippen molar-refractivity contribution >= 4 is 23.5 Å². The lowest BCUT2D eigenvalue weighted by atomic mass is 9.85. The van der Waals surface area contributed by atoms with E-state index in [-0.39, 0.29) is 42.1 Å². The second-order valence-corrected chi connectivity index (χ2v) is 7.23. The number of hydrogen-bond acceptors (Lipinski definition) is 4. The Hall–Kier alpha value is -2.69. The lowest BCUT2D eigenvalue weighted by Crippen LogP contribution is -2.33. The Morgan fingerprint density at radius 1 is 1.08 bits per heavy atom. The third-order valence-corrected chi connectivity index (χ3v) is 5.61. The van der Waals surface area contributed by atoms with Crippen LogP contribution < -0.4 is 4.90 Å². The van der Waals surface area contributed by atoms with Gasteiger partial charge >= 0.3 is 5.97 Å². The average molecular weight is 351 g/mol. The summed E-state index contributed by atoms with van der Waals surface area (Å²) in [5.74, 6) is -1.41. The number of fused-ring (bicyclic) bond motifs is 5. The molecule has 2 bridgehead atoms. The second kappa shape index (κ2) is 5.94. The van der Waals surface area contributed by atoms with E-state index in [0.29, 0.717) is 11.3 Å². The Balaban J connectivity index is 1.69. The molecule has 2 amide bonds. The molecular weight excluding hydrogens is 330 g/mol. The second-order valence-electron chi connectivity index (χ2n) is 7.23. The van der Waals surface area contributed by atoms with E-state index in [0.717, 1.165) is 0 Å². The predicted molar refractivity (Wildman–Crippen MR) is 96.4 cm³/mol. The maximum atomic E-state index is 13.1. The van der Waals surface area contributed by atoms with Crippen molar-refractivity contribution in [3.05, 3.63) is 53.1 Å². The highest BCUT2D eigenvalue weighted by molar-refractivity contribution is 6.23. The molecule has 5 nitrogen and oxygen atoms in total. The summed E-state index contributed by atoms with van der Waals surface area (Å²) >= 11 is 0. The molecule has 2 fully saturated rings. The van der Waals surface area contributed by atoms with Gasteiger partial charge in [-0.15, -0.1) is 0 Å². The molecule has 26 heavy (non-hydrogen) atoms. The van der Waals surface area contributed by atoms with Gasteiger partial charge in [0.15, 0.2) is 0 Å². The highest BCUT2D eigenvalue weighted by Crippen LogP contribution is 2.57. The van der Waals surface area contributed by atoms with Crippen molar-refractivity contribution < 1.29 is 19.1 Å². The molecule has 3 aliphatic rings. The van der Waals surface area contributed by atoms with Crippen LogP contribution in [0.1, 0.15) is 31.1 Å². The minimum atomic E-state index is -0.456. The van der Waals surface area contributed by atoms with Crippen LogP contribution in [0.25, 0.3) is 0 Å². The summed E-state index contributed by atoms with van der Waals surface area (Å²) in [7, 11) is 0. The quantitative estimate of drug-likeness (QED) is 0.477. The van der Waals surface area contributed by atoms with Gasteiger partial charge in [-0.25, -0.2) is 9.69 Å². The van der Waals surface area contributed by atoms with E-state index in [2.05, 4.69) is 12.2 Å². The highest BCUT2D eigenvalue weighted by atomic mass is 16.5. The maximum absolute atomic E-state index is 13.1. The van der Waals surface area contributed by atoms with Gasteiger partial charge in [-0.1, -0.05) is 29.4 Å². The molecule has 2 aliphatic carbocycles. The minimum Gasteiger partial charge on any atom is -0.462 e. The topological polar surface area (TPSA) is 63.7 Å². The van der Waals surface area contributed by atoms with Crippen molar-refractivity contribution in [3.8, 4) is 0 Å². The minimum absolute atomic E-state index is 0.0182. The third kappa shape index (κ3) is 2.19. The van der Waals surface area contributed by atoms with Crippen molar-refractivity contribution in [1.29, 1.82) is 0 Å². The lowest BCUT2D eigenvalue weighted by molar-refractivity contribution is -0.122. The van der Waals surface area contributed by atoms with Crippen LogP contribution in [0.3, 0.4) is 0 Å². The van der Waals surface area contributed by atoms with E-state index in [9.17, 15) is 14.4 Å². The molecule has 1 saturated carbocycles. The average Bonchev–Trinajstić information content (AvgIpc) is 3.25. The number of nitrogens with zero attached hydrogens (tertiary/aromatic N) is 1. The van der Waals surface area contributed by atoms with Gasteiger partial charge in [-0.2, -0.15) is 0 Å². The van der Waals surface area contributed by atoms with Gasteiger partial charge in [0.25, 0.3) is 0 Å². The summed E-state index contributed by atoms with van der Waals surface area (Å²) in [6, 6.07) is 6.55. The number of allylic oxidation sites excluding steroid dienone is 4. The standard InChI is InChI=1S/C21H21NO4/c1-4-26-21(25)12-6-5-7-13(10-12)22-19(23)17-14-8-9-15(16(14)11(2)3)18(17)20(22)24/h5-10,14-15,17-18H,4H2,1-3H3/t14-,15-,17-,18+/m0/s1. The Morgan fingerprint density at radius 3 is 2.23 bits per heavy atom. The molecule has 4 atom stereocenters. The number of carbonyl (C=O) groups excluding carboxylic acids is 3.